The first kappa shape index (κ1) is 27.2. The lowest BCUT2D eigenvalue weighted by atomic mass is 10.1. The van der Waals surface area contributed by atoms with E-state index < -0.39 is 6.10 Å². The van der Waals surface area contributed by atoms with Crippen LogP contribution in [0.4, 0.5) is 0 Å². The first-order valence-corrected chi connectivity index (χ1v) is 12.5. The zero-order valence-corrected chi connectivity index (χ0v) is 22.4. The SMILES string of the molecule is Cc1nn(-c2cccc(Cl)c2)c(Oc2ccccc2)c1CN(CC(C)C)C[C@H](O)COC(C)(C)C. The number of hydrogen-bond donors (Lipinski definition) is 1. The van der Waals surface area contributed by atoms with E-state index in [-0.39, 0.29) is 12.2 Å². The zero-order chi connectivity index (χ0) is 25.6. The Balaban J connectivity index is 1.94. The van der Waals surface area contributed by atoms with Gasteiger partial charge in [0.05, 0.1) is 35.3 Å². The minimum Gasteiger partial charge on any atom is -0.439 e. The highest BCUT2D eigenvalue weighted by Gasteiger charge is 2.24. The highest BCUT2D eigenvalue weighted by atomic mass is 35.5. The van der Waals surface area contributed by atoms with E-state index in [9.17, 15) is 5.11 Å². The lowest BCUT2D eigenvalue weighted by Gasteiger charge is -2.28. The van der Waals surface area contributed by atoms with Crippen molar-refractivity contribution in [3.63, 3.8) is 0 Å². The normalized spacial score (nSPS) is 13.0. The standard InChI is InChI=1S/C28H38ClN3O3/c1-20(2)16-31(17-24(33)19-34-28(4,5)6)18-26-21(3)30-32(23-12-10-11-22(29)15-23)27(26)35-25-13-8-7-9-14-25/h7-15,20,24,33H,16-19H2,1-6H3/t24-/m0/s1. The highest BCUT2D eigenvalue weighted by Crippen LogP contribution is 2.32. The number of nitrogens with zero attached hydrogens (tertiary/aromatic N) is 3. The molecule has 0 saturated heterocycles. The molecule has 0 radical (unpaired) electrons. The molecule has 0 amide bonds. The molecule has 190 valence electrons. The summed E-state index contributed by atoms with van der Waals surface area (Å²) in [6.07, 6.45) is -0.602. The molecule has 1 N–H and O–H groups in total. The third kappa shape index (κ3) is 8.36. The molecule has 0 saturated carbocycles. The number of ether oxygens (including phenoxy) is 2. The molecule has 1 heterocycles. The molecule has 0 fully saturated rings. The van der Waals surface area contributed by atoms with E-state index >= 15 is 0 Å². The van der Waals surface area contributed by atoms with E-state index in [2.05, 4.69) is 18.7 Å². The average Bonchev–Trinajstić information content (AvgIpc) is 3.07. The van der Waals surface area contributed by atoms with E-state index in [1.54, 1.807) is 4.68 Å². The van der Waals surface area contributed by atoms with Gasteiger partial charge >= 0.3 is 0 Å². The lowest BCUT2D eigenvalue weighted by Crippen LogP contribution is -2.38. The van der Waals surface area contributed by atoms with Gasteiger partial charge in [-0.1, -0.05) is 49.7 Å². The number of aromatic nitrogens is 2. The van der Waals surface area contributed by atoms with Gasteiger partial charge in [-0.3, -0.25) is 4.90 Å². The van der Waals surface area contributed by atoms with Crippen LogP contribution >= 0.6 is 11.6 Å². The number of halogens is 1. The predicted octanol–water partition coefficient (Wildman–Crippen LogP) is 6.26. The molecule has 1 aromatic heterocycles. The Bertz CT molecular complexity index is 1080. The summed E-state index contributed by atoms with van der Waals surface area (Å²) in [6, 6.07) is 17.3. The lowest BCUT2D eigenvalue weighted by molar-refractivity contribution is -0.0573. The summed E-state index contributed by atoms with van der Waals surface area (Å²) in [5, 5.41) is 16.2. The molecule has 6 nitrogen and oxygen atoms in total. The van der Waals surface area contributed by atoms with E-state index in [1.807, 2.05) is 82.3 Å². The largest absolute Gasteiger partial charge is 0.439 e. The minimum absolute atomic E-state index is 0.284. The Morgan fingerprint density at radius 3 is 2.40 bits per heavy atom. The van der Waals surface area contributed by atoms with Gasteiger partial charge in [0.2, 0.25) is 5.88 Å². The average molecular weight is 500 g/mol. The molecule has 0 spiro atoms. The monoisotopic (exact) mass is 499 g/mol. The molecule has 1 atom stereocenters. The van der Waals surface area contributed by atoms with Gasteiger partial charge in [-0.05, 0) is 63.9 Å². The maximum Gasteiger partial charge on any atom is 0.227 e. The second-order valence-electron chi connectivity index (χ2n) is 10.3. The van der Waals surface area contributed by atoms with Crippen LogP contribution in [0.1, 0.15) is 45.9 Å². The van der Waals surface area contributed by atoms with Crippen LogP contribution in [0.5, 0.6) is 11.6 Å². The van der Waals surface area contributed by atoms with Gasteiger partial charge in [0.1, 0.15) is 5.75 Å². The maximum atomic E-state index is 10.7. The number of benzene rings is 2. The van der Waals surface area contributed by atoms with Crippen molar-refractivity contribution in [1.29, 1.82) is 0 Å². The van der Waals surface area contributed by atoms with Crippen LogP contribution in [0.3, 0.4) is 0 Å². The molecule has 2 aromatic carbocycles. The topological polar surface area (TPSA) is 59.8 Å². The van der Waals surface area contributed by atoms with Gasteiger partial charge in [0.15, 0.2) is 0 Å². The summed E-state index contributed by atoms with van der Waals surface area (Å²) in [4.78, 5) is 2.24. The number of rotatable bonds is 11. The number of para-hydroxylation sites is 1. The summed E-state index contributed by atoms with van der Waals surface area (Å²) in [7, 11) is 0. The first-order chi connectivity index (χ1) is 16.5. The Morgan fingerprint density at radius 1 is 1.06 bits per heavy atom. The summed E-state index contributed by atoms with van der Waals surface area (Å²) < 4.78 is 14.0. The van der Waals surface area contributed by atoms with Crippen LogP contribution in [0.15, 0.2) is 54.6 Å². The van der Waals surface area contributed by atoms with E-state index in [4.69, 9.17) is 26.2 Å². The molecule has 3 aromatic rings. The molecule has 35 heavy (non-hydrogen) atoms. The molecule has 0 aliphatic rings. The van der Waals surface area contributed by atoms with E-state index in [0.29, 0.717) is 29.9 Å². The maximum absolute atomic E-state index is 10.7. The molecular weight excluding hydrogens is 462 g/mol. The fourth-order valence-electron chi connectivity index (χ4n) is 3.85. The van der Waals surface area contributed by atoms with Crippen LogP contribution in [0.25, 0.3) is 5.69 Å². The number of aryl methyl sites for hydroxylation is 1. The van der Waals surface area contributed by atoms with Crippen molar-refractivity contribution in [2.75, 3.05) is 19.7 Å². The molecular formula is C28H38ClN3O3. The van der Waals surface area contributed by atoms with Crippen LogP contribution < -0.4 is 4.74 Å². The Morgan fingerprint density at radius 2 is 1.77 bits per heavy atom. The van der Waals surface area contributed by atoms with Crippen LogP contribution in [-0.4, -0.2) is 51.2 Å². The molecule has 7 heteroatoms. The Labute approximate surface area is 214 Å². The van der Waals surface area contributed by atoms with Crippen molar-refractivity contribution in [2.24, 2.45) is 5.92 Å². The quantitative estimate of drug-likeness (QED) is 0.337. The summed E-state index contributed by atoms with van der Waals surface area (Å²) >= 11 is 6.28. The number of aliphatic hydroxyl groups is 1. The fourth-order valence-corrected chi connectivity index (χ4v) is 4.03. The van der Waals surface area contributed by atoms with Gasteiger partial charge < -0.3 is 14.6 Å². The fraction of sp³-hybridized carbons (Fsp3) is 0.464. The Hall–Kier alpha value is -2.38. The third-order valence-corrected chi connectivity index (χ3v) is 5.57. The van der Waals surface area contributed by atoms with Crippen molar-refractivity contribution >= 4 is 11.6 Å². The van der Waals surface area contributed by atoms with Gasteiger partial charge in [0, 0.05) is 24.7 Å². The van der Waals surface area contributed by atoms with Gasteiger partial charge in [0.25, 0.3) is 0 Å². The van der Waals surface area contributed by atoms with Crippen LogP contribution in [-0.2, 0) is 11.3 Å². The molecule has 3 rings (SSSR count). The van der Waals surface area contributed by atoms with Gasteiger partial charge in [-0.15, -0.1) is 0 Å². The first-order valence-electron chi connectivity index (χ1n) is 12.1. The second kappa shape index (κ2) is 12.0. The van der Waals surface area contributed by atoms with Crippen molar-refractivity contribution in [3.8, 4) is 17.3 Å². The van der Waals surface area contributed by atoms with Crippen molar-refractivity contribution < 1.29 is 14.6 Å². The predicted molar refractivity (Wildman–Crippen MR) is 142 cm³/mol. The zero-order valence-electron chi connectivity index (χ0n) is 21.7. The van der Waals surface area contributed by atoms with E-state index in [0.717, 1.165) is 29.2 Å². The molecule has 0 aliphatic heterocycles. The van der Waals surface area contributed by atoms with E-state index in [1.165, 1.54) is 0 Å². The third-order valence-electron chi connectivity index (χ3n) is 5.33. The minimum atomic E-state index is -0.602. The van der Waals surface area contributed by atoms with Crippen molar-refractivity contribution in [2.45, 2.75) is 59.8 Å². The second-order valence-corrected chi connectivity index (χ2v) is 10.8. The van der Waals surface area contributed by atoms with Crippen molar-refractivity contribution in [3.05, 3.63) is 70.9 Å². The van der Waals surface area contributed by atoms with Crippen LogP contribution in [0, 0.1) is 12.8 Å². The van der Waals surface area contributed by atoms with Crippen molar-refractivity contribution in [1.82, 2.24) is 14.7 Å². The summed E-state index contributed by atoms with van der Waals surface area (Å²) in [5.74, 6) is 1.80. The smallest absolute Gasteiger partial charge is 0.227 e. The van der Waals surface area contributed by atoms with Gasteiger partial charge in [-0.25, -0.2) is 4.68 Å². The summed E-state index contributed by atoms with van der Waals surface area (Å²) in [6.45, 7) is 14.5. The highest BCUT2D eigenvalue weighted by molar-refractivity contribution is 6.30. The Kier molecular flexibility index (Phi) is 9.36. The van der Waals surface area contributed by atoms with Gasteiger partial charge in [-0.2, -0.15) is 5.10 Å². The molecule has 0 aliphatic carbocycles. The molecule has 0 unspecified atom stereocenters. The van der Waals surface area contributed by atoms with Crippen LogP contribution in [0.2, 0.25) is 5.02 Å². The number of hydrogen-bond acceptors (Lipinski definition) is 5. The molecule has 0 bridgehead atoms. The summed E-state index contributed by atoms with van der Waals surface area (Å²) in [5.41, 5.74) is 2.37. The number of aliphatic hydroxyl groups excluding tert-OH is 1.